The van der Waals surface area contributed by atoms with E-state index in [2.05, 4.69) is 51.0 Å². The lowest BCUT2D eigenvalue weighted by Gasteiger charge is -2.42. The Labute approximate surface area is 206 Å². The van der Waals surface area contributed by atoms with Crippen LogP contribution in [0.3, 0.4) is 0 Å². The van der Waals surface area contributed by atoms with Crippen molar-refractivity contribution in [2.24, 2.45) is 0 Å². The fourth-order valence-corrected chi connectivity index (χ4v) is 5.21. The second-order valence-corrected chi connectivity index (χ2v) is 9.91. The van der Waals surface area contributed by atoms with Crippen LogP contribution in [-0.2, 0) is 0 Å². The van der Waals surface area contributed by atoms with Crippen molar-refractivity contribution in [3.63, 3.8) is 0 Å². The molecule has 0 bridgehead atoms. The maximum Gasteiger partial charge on any atom is 0.178 e. The number of piperidine rings is 1. The number of carbonyl (C=O) groups is 1. The number of carbonyl (C=O) groups excluding carboxylic acids is 1. The van der Waals surface area contributed by atoms with Gasteiger partial charge in [0.05, 0.1) is 5.69 Å². The molecule has 6 nitrogen and oxygen atoms in total. The van der Waals surface area contributed by atoms with E-state index in [9.17, 15) is 4.79 Å². The van der Waals surface area contributed by atoms with Crippen LogP contribution in [0.4, 0.5) is 5.69 Å². The van der Waals surface area contributed by atoms with Crippen LogP contribution in [0.2, 0.25) is 5.02 Å². The van der Waals surface area contributed by atoms with Gasteiger partial charge in [0.1, 0.15) is 11.5 Å². The quantitative estimate of drug-likeness (QED) is 0.534. The number of imidazole rings is 1. The lowest BCUT2D eigenvalue weighted by molar-refractivity contribution is 0.0982. The molecule has 1 aromatic heterocycles. The molecule has 0 amide bonds. The van der Waals surface area contributed by atoms with Crippen LogP contribution in [0, 0.1) is 0 Å². The van der Waals surface area contributed by atoms with E-state index in [1.165, 1.54) is 44.7 Å². The molecule has 2 fully saturated rings. The number of halogens is 1. The number of ketones is 1. The van der Waals surface area contributed by atoms with Crippen molar-refractivity contribution in [3.05, 3.63) is 59.2 Å². The van der Waals surface area contributed by atoms with Crippen molar-refractivity contribution in [2.45, 2.75) is 25.8 Å². The van der Waals surface area contributed by atoms with Gasteiger partial charge in [-0.1, -0.05) is 23.7 Å². The summed E-state index contributed by atoms with van der Waals surface area (Å²) in [6.45, 7) is 8.49. The summed E-state index contributed by atoms with van der Waals surface area (Å²) in [6.07, 6.45) is 2.44. The van der Waals surface area contributed by atoms with Crippen LogP contribution in [0.1, 0.15) is 30.3 Å². The summed E-state index contributed by atoms with van der Waals surface area (Å²) < 4.78 is 0. The number of rotatable bonds is 5. The zero-order chi connectivity index (χ0) is 23.7. The second kappa shape index (κ2) is 9.90. The highest BCUT2D eigenvalue weighted by Crippen LogP contribution is 2.30. The smallest absolute Gasteiger partial charge is 0.178 e. The SMILES string of the molecule is CC(=O)c1[nH]c(-c2ccc(N3CCC(N4CCN(C)CC4)CC3)cc2)nc1-c1ccc(Cl)cc1. The van der Waals surface area contributed by atoms with Crippen molar-refractivity contribution in [1.82, 2.24) is 19.8 Å². The van der Waals surface area contributed by atoms with E-state index in [0.29, 0.717) is 28.3 Å². The van der Waals surface area contributed by atoms with Crippen LogP contribution >= 0.6 is 11.6 Å². The lowest BCUT2D eigenvalue weighted by Crippen LogP contribution is -2.52. The number of aromatic nitrogens is 2. The third-order valence-corrected chi connectivity index (χ3v) is 7.45. The fourth-order valence-electron chi connectivity index (χ4n) is 5.09. The lowest BCUT2D eigenvalue weighted by atomic mass is 10.0. The average Bonchev–Trinajstić information content (AvgIpc) is 3.31. The first kappa shape index (κ1) is 23.1. The Kier molecular flexibility index (Phi) is 6.73. The Hall–Kier alpha value is -2.67. The number of aromatic amines is 1. The first-order valence-electron chi connectivity index (χ1n) is 12.1. The first-order valence-corrected chi connectivity index (χ1v) is 12.5. The number of benzene rings is 2. The predicted octanol–water partition coefficient (Wildman–Crippen LogP) is 4.82. The number of hydrogen-bond donors (Lipinski definition) is 1. The van der Waals surface area contributed by atoms with Crippen LogP contribution in [0.25, 0.3) is 22.6 Å². The van der Waals surface area contributed by atoms with E-state index < -0.39 is 0 Å². The molecule has 0 radical (unpaired) electrons. The number of piperazine rings is 1. The molecule has 0 aliphatic carbocycles. The van der Waals surface area contributed by atoms with Gasteiger partial charge in [0, 0.05) is 74.1 Å². The fraction of sp³-hybridized carbons (Fsp3) is 0.407. The molecule has 0 unspecified atom stereocenters. The molecule has 178 valence electrons. The summed E-state index contributed by atoms with van der Waals surface area (Å²) in [4.78, 5) is 27.9. The molecule has 2 aliphatic heterocycles. The molecule has 3 heterocycles. The van der Waals surface area contributed by atoms with Gasteiger partial charge < -0.3 is 14.8 Å². The summed E-state index contributed by atoms with van der Waals surface area (Å²) in [6, 6.07) is 16.7. The topological polar surface area (TPSA) is 55.5 Å². The Morgan fingerprint density at radius 2 is 1.53 bits per heavy atom. The molecular formula is C27H32ClN5O. The summed E-state index contributed by atoms with van der Waals surface area (Å²) >= 11 is 6.03. The number of Topliss-reactive ketones (excluding diaryl/α,β-unsaturated/α-hetero) is 1. The van der Waals surface area contributed by atoms with Crippen LogP contribution in [0.5, 0.6) is 0 Å². The standard InChI is InChI=1S/C27H32ClN5O/c1-19(34)25-26(20-3-7-22(28)8-4-20)30-27(29-25)21-5-9-23(10-6-21)32-13-11-24(12-14-32)33-17-15-31(2)16-18-33/h3-10,24H,11-18H2,1-2H3,(H,29,30). The monoisotopic (exact) mass is 477 g/mol. The maximum absolute atomic E-state index is 12.3. The normalized spacial score (nSPS) is 18.4. The highest BCUT2D eigenvalue weighted by Gasteiger charge is 2.27. The third-order valence-electron chi connectivity index (χ3n) is 7.20. The van der Waals surface area contributed by atoms with E-state index in [-0.39, 0.29) is 5.78 Å². The molecule has 3 aromatic rings. The molecule has 5 rings (SSSR count). The van der Waals surface area contributed by atoms with Crippen molar-refractivity contribution in [1.29, 1.82) is 0 Å². The average molecular weight is 478 g/mol. The summed E-state index contributed by atoms with van der Waals surface area (Å²) in [5, 5.41) is 0.659. The molecule has 7 heteroatoms. The van der Waals surface area contributed by atoms with E-state index in [0.717, 1.165) is 24.2 Å². The number of likely N-dealkylation sites (N-methyl/N-ethyl adjacent to an activating group) is 1. The minimum absolute atomic E-state index is 0.0384. The molecule has 2 saturated heterocycles. The number of H-pyrrole nitrogens is 1. The Balaban J connectivity index is 1.28. The zero-order valence-corrected chi connectivity index (χ0v) is 20.7. The van der Waals surface area contributed by atoms with E-state index >= 15 is 0 Å². The van der Waals surface area contributed by atoms with Gasteiger partial charge in [-0.15, -0.1) is 0 Å². The first-order chi connectivity index (χ1) is 16.5. The minimum Gasteiger partial charge on any atom is -0.371 e. The zero-order valence-electron chi connectivity index (χ0n) is 19.9. The maximum atomic E-state index is 12.3. The molecule has 0 spiro atoms. The Morgan fingerprint density at radius 3 is 2.15 bits per heavy atom. The van der Waals surface area contributed by atoms with Gasteiger partial charge in [0.15, 0.2) is 5.78 Å². The summed E-state index contributed by atoms with van der Waals surface area (Å²) in [5.74, 6) is 0.666. The second-order valence-electron chi connectivity index (χ2n) is 9.48. The number of nitrogens with one attached hydrogen (secondary N) is 1. The van der Waals surface area contributed by atoms with Crippen molar-refractivity contribution in [2.75, 3.05) is 51.2 Å². The van der Waals surface area contributed by atoms with E-state index in [1.807, 2.05) is 24.3 Å². The van der Waals surface area contributed by atoms with Crippen LogP contribution in [0.15, 0.2) is 48.5 Å². The largest absolute Gasteiger partial charge is 0.371 e. The van der Waals surface area contributed by atoms with Crippen LogP contribution < -0.4 is 4.90 Å². The third kappa shape index (κ3) is 4.90. The molecule has 1 N–H and O–H groups in total. The number of hydrogen-bond acceptors (Lipinski definition) is 5. The van der Waals surface area contributed by atoms with Crippen molar-refractivity contribution >= 4 is 23.1 Å². The highest BCUT2D eigenvalue weighted by atomic mass is 35.5. The highest BCUT2D eigenvalue weighted by molar-refractivity contribution is 6.30. The number of nitrogens with zero attached hydrogens (tertiary/aromatic N) is 4. The van der Waals surface area contributed by atoms with Crippen molar-refractivity contribution < 1.29 is 4.79 Å². The Bertz CT molecular complexity index is 1120. The Morgan fingerprint density at radius 1 is 0.912 bits per heavy atom. The molecule has 2 aromatic carbocycles. The predicted molar refractivity (Wildman–Crippen MR) is 139 cm³/mol. The summed E-state index contributed by atoms with van der Waals surface area (Å²) in [7, 11) is 2.21. The van der Waals surface area contributed by atoms with Gasteiger partial charge >= 0.3 is 0 Å². The van der Waals surface area contributed by atoms with E-state index in [4.69, 9.17) is 16.6 Å². The van der Waals surface area contributed by atoms with Gasteiger partial charge in [-0.05, 0) is 56.3 Å². The molecule has 2 aliphatic rings. The summed E-state index contributed by atoms with van der Waals surface area (Å²) in [5.41, 5.74) is 4.27. The number of anilines is 1. The van der Waals surface area contributed by atoms with Gasteiger partial charge in [0.25, 0.3) is 0 Å². The van der Waals surface area contributed by atoms with E-state index in [1.54, 1.807) is 6.92 Å². The van der Waals surface area contributed by atoms with Crippen molar-refractivity contribution in [3.8, 4) is 22.6 Å². The minimum atomic E-state index is -0.0384. The van der Waals surface area contributed by atoms with Gasteiger partial charge in [-0.25, -0.2) is 4.98 Å². The van der Waals surface area contributed by atoms with Crippen LogP contribution in [-0.4, -0.2) is 77.9 Å². The molecule has 0 saturated carbocycles. The van der Waals surface area contributed by atoms with Gasteiger partial charge in [-0.2, -0.15) is 0 Å². The van der Waals surface area contributed by atoms with Gasteiger partial charge in [0.2, 0.25) is 0 Å². The molecule has 34 heavy (non-hydrogen) atoms. The molecule has 0 atom stereocenters. The van der Waals surface area contributed by atoms with Gasteiger partial charge in [-0.3, -0.25) is 9.69 Å². The molecular weight excluding hydrogens is 446 g/mol.